The molecule has 0 radical (unpaired) electrons. The van der Waals surface area contributed by atoms with Crippen LogP contribution in [0.3, 0.4) is 0 Å². The molecule has 1 fully saturated rings. The minimum atomic E-state index is 0.916. The van der Waals surface area contributed by atoms with Crippen LogP contribution in [0.1, 0.15) is 58.8 Å². The molecule has 1 heterocycles. The second kappa shape index (κ2) is 8.81. The highest BCUT2D eigenvalue weighted by Gasteiger charge is 2.13. The highest BCUT2D eigenvalue weighted by molar-refractivity contribution is 4.84. The lowest BCUT2D eigenvalue weighted by atomic mass is 9.94. The van der Waals surface area contributed by atoms with Crippen molar-refractivity contribution >= 4 is 0 Å². The van der Waals surface area contributed by atoms with Crippen LogP contribution in [0.15, 0.2) is 12.2 Å². The number of hydrogen-bond acceptors (Lipinski definition) is 0. The first-order chi connectivity index (χ1) is 7.83. The molecule has 1 nitrogen and oxygen atoms in total. The molecule has 1 atom stereocenters. The van der Waals surface area contributed by atoms with Crippen molar-refractivity contribution in [2.45, 2.75) is 58.8 Å². The predicted molar refractivity (Wildman–Crippen MR) is 71.4 cm³/mol. The van der Waals surface area contributed by atoms with Crippen molar-refractivity contribution in [3.63, 3.8) is 0 Å². The number of rotatable bonds is 7. The van der Waals surface area contributed by atoms with Crippen molar-refractivity contribution < 1.29 is 5.32 Å². The van der Waals surface area contributed by atoms with E-state index in [-0.39, 0.29) is 0 Å². The SMILES string of the molecule is CCCC(C)CC/C=C\CC1CC[NH2+]CC1. The molecule has 0 aromatic rings. The summed E-state index contributed by atoms with van der Waals surface area (Å²) in [6.45, 7) is 7.37. The van der Waals surface area contributed by atoms with E-state index in [2.05, 4.69) is 31.3 Å². The quantitative estimate of drug-likeness (QED) is 0.640. The first kappa shape index (κ1) is 13.8. The van der Waals surface area contributed by atoms with E-state index < -0.39 is 0 Å². The van der Waals surface area contributed by atoms with Gasteiger partial charge in [0.2, 0.25) is 0 Å². The van der Waals surface area contributed by atoms with Crippen LogP contribution in [0, 0.1) is 11.8 Å². The fourth-order valence-corrected chi connectivity index (χ4v) is 2.66. The van der Waals surface area contributed by atoms with Crippen molar-refractivity contribution in [3.8, 4) is 0 Å². The summed E-state index contributed by atoms with van der Waals surface area (Å²) < 4.78 is 0. The summed E-state index contributed by atoms with van der Waals surface area (Å²) in [4.78, 5) is 0. The van der Waals surface area contributed by atoms with Crippen molar-refractivity contribution in [1.82, 2.24) is 0 Å². The molecule has 94 valence electrons. The Morgan fingerprint density at radius 1 is 1.19 bits per heavy atom. The Morgan fingerprint density at radius 3 is 2.62 bits per heavy atom. The Morgan fingerprint density at radius 2 is 1.94 bits per heavy atom. The zero-order valence-electron chi connectivity index (χ0n) is 11.3. The van der Waals surface area contributed by atoms with Gasteiger partial charge in [-0.1, -0.05) is 38.8 Å². The van der Waals surface area contributed by atoms with E-state index in [1.807, 2.05) is 0 Å². The molecule has 0 aliphatic carbocycles. The lowest BCUT2D eigenvalue weighted by Gasteiger charge is -2.18. The highest BCUT2D eigenvalue weighted by Crippen LogP contribution is 2.16. The van der Waals surface area contributed by atoms with Crippen LogP contribution >= 0.6 is 0 Å². The predicted octanol–water partition coefficient (Wildman–Crippen LogP) is 3.12. The molecular formula is C15H30N+. The fourth-order valence-electron chi connectivity index (χ4n) is 2.66. The first-order valence-electron chi connectivity index (χ1n) is 7.29. The Kier molecular flexibility index (Phi) is 7.58. The minimum absolute atomic E-state index is 0.916. The minimum Gasteiger partial charge on any atom is -0.346 e. The van der Waals surface area contributed by atoms with E-state index in [4.69, 9.17) is 0 Å². The number of piperidine rings is 1. The number of hydrogen-bond donors (Lipinski definition) is 1. The largest absolute Gasteiger partial charge is 0.346 e. The van der Waals surface area contributed by atoms with E-state index in [1.165, 1.54) is 58.0 Å². The van der Waals surface area contributed by atoms with Crippen LogP contribution in [-0.2, 0) is 0 Å². The van der Waals surface area contributed by atoms with Crippen LogP contribution in [-0.4, -0.2) is 13.1 Å². The average Bonchev–Trinajstić information content (AvgIpc) is 2.30. The maximum absolute atomic E-state index is 2.45. The van der Waals surface area contributed by atoms with E-state index >= 15 is 0 Å². The molecule has 1 unspecified atom stereocenters. The molecule has 0 amide bonds. The third-order valence-corrected chi connectivity index (χ3v) is 3.80. The second-order valence-electron chi connectivity index (χ2n) is 5.49. The van der Waals surface area contributed by atoms with Crippen molar-refractivity contribution in [2.24, 2.45) is 11.8 Å². The van der Waals surface area contributed by atoms with Gasteiger partial charge in [-0.2, -0.15) is 0 Å². The summed E-state index contributed by atoms with van der Waals surface area (Å²) in [5, 5.41) is 2.45. The Balaban J connectivity index is 1.99. The van der Waals surface area contributed by atoms with E-state index in [9.17, 15) is 0 Å². The van der Waals surface area contributed by atoms with Gasteiger partial charge in [-0.3, -0.25) is 0 Å². The third-order valence-electron chi connectivity index (χ3n) is 3.80. The van der Waals surface area contributed by atoms with Crippen molar-refractivity contribution in [1.29, 1.82) is 0 Å². The lowest BCUT2D eigenvalue weighted by Crippen LogP contribution is -2.86. The summed E-state index contributed by atoms with van der Waals surface area (Å²) in [5.41, 5.74) is 0. The standard InChI is InChI=1S/C15H29N/c1-3-7-14(2)8-5-4-6-9-15-10-12-16-13-11-15/h4,6,14-16H,3,5,7-13H2,1-2H3/p+1/b6-4-. The van der Waals surface area contributed by atoms with Crippen LogP contribution in [0.2, 0.25) is 0 Å². The van der Waals surface area contributed by atoms with Crippen LogP contribution in [0.4, 0.5) is 0 Å². The van der Waals surface area contributed by atoms with Gasteiger partial charge in [-0.15, -0.1) is 0 Å². The zero-order valence-corrected chi connectivity index (χ0v) is 11.3. The number of quaternary nitrogens is 1. The van der Waals surface area contributed by atoms with Gasteiger partial charge in [-0.05, 0) is 43.9 Å². The van der Waals surface area contributed by atoms with Crippen LogP contribution in [0.25, 0.3) is 0 Å². The van der Waals surface area contributed by atoms with Gasteiger partial charge in [-0.25, -0.2) is 0 Å². The molecule has 0 saturated carbocycles. The summed E-state index contributed by atoms with van der Waals surface area (Å²) in [7, 11) is 0. The Hall–Kier alpha value is -0.300. The van der Waals surface area contributed by atoms with Gasteiger partial charge < -0.3 is 5.32 Å². The molecular weight excluding hydrogens is 194 g/mol. The fraction of sp³-hybridized carbons (Fsp3) is 0.867. The highest BCUT2D eigenvalue weighted by atomic mass is 14.9. The Labute approximate surface area is 102 Å². The van der Waals surface area contributed by atoms with E-state index in [0.717, 1.165) is 11.8 Å². The van der Waals surface area contributed by atoms with Gasteiger partial charge in [0.15, 0.2) is 0 Å². The normalized spacial score (nSPS) is 20.4. The van der Waals surface area contributed by atoms with Gasteiger partial charge >= 0.3 is 0 Å². The van der Waals surface area contributed by atoms with Gasteiger partial charge in [0, 0.05) is 0 Å². The maximum Gasteiger partial charge on any atom is 0.0758 e. The smallest absolute Gasteiger partial charge is 0.0758 e. The number of nitrogens with two attached hydrogens (primary N) is 1. The van der Waals surface area contributed by atoms with E-state index in [1.54, 1.807) is 0 Å². The summed E-state index contributed by atoms with van der Waals surface area (Å²) in [5.74, 6) is 1.90. The molecule has 0 aromatic carbocycles. The molecule has 0 spiro atoms. The number of allylic oxidation sites excluding steroid dienone is 2. The van der Waals surface area contributed by atoms with E-state index in [0.29, 0.717) is 0 Å². The monoisotopic (exact) mass is 224 g/mol. The molecule has 0 aromatic heterocycles. The van der Waals surface area contributed by atoms with Crippen LogP contribution < -0.4 is 5.32 Å². The molecule has 1 rings (SSSR count). The molecule has 0 bridgehead atoms. The van der Waals surface area contributed by atoms with Crippen molar-refractivity contribution in [2.75, 3.05) is 13.1 Å². The topological polar surface area (TPSA) is 16.6 Å². The van der Waals surface area contributed by atoms with Crippen molar-refractivity contribution in [3.05, 3.63) is 12.2 Å². The molecule has 1 aliphatic heterocycles. The Bertz CT molecular complexity index is 180. The lowest BCUT2D eigenvalue weighted by molar-refractivity contribution is -0.664. The second-order valence-corrected chi connectivity index (χ2v) is 5.49. The zero-order chi connectivity index (χ0) is 11.6. The average molecular weight is 224 g/mol. The summed E-state index contributed by atoms with van der Waals surface area (Å²) >= 11 is 0. The molecule has 1 aliphatic rings. The molecule has 1 saturated heterocycles. The summed E-state index contributed by atoms with van der Waals surface area (Å²) in [6.07, 6.45) is 14.4. The summed E-state index contributed by atoms with van der Waals surface area (Å²) in [6, 6.07) is 0. The third kappa shape index (κ3) is 6.32. The molecule has 16 heavy (non-hydrogen) atoms. The first-order valence-corrected chi connectivity index (χ1v) is 7.29. The molecule has 1 heteroatoms. The van der Waals surface area contributed by atoms with Gasteiger partial charge in [0.25, 0.3) is 0 Å². The van der Waals surface area contributed by atoms with Gasteiger partial charge in [0.1, 0.15) is 0 Å². The maximum atomic E-state index is 2.45. The van der Waals surface area contributed by atoms with Gasteiger partial charge in [0.05, 0.1) is 13.1 Å². The molecule has 2 N–H and O–H groups in total. The van der Waals surface area contributed by atoms with Crippen LogP contribution in [0.5, 0.6) is 0 Å².